The monoisotopic (exact) mass is 929 g/mol. The van der Waals surface area contributed by atoms with E-state index < -0.39 is 57.5 Å². The highest BCUT2D eigenvalue weighted by Crippen LogP contribution is 2.39. The number of aliphatic carboxylic acids is 6. The molecule has 0 amide bonds. The Labute approximate surface area is 369 Å². The second-order valence-electron chi connectivity index (χ2n) is 14.0. The molecule has 0 unspecified atom stereocenters. The zero-order valence-corrected chi connectivity index (χ0v) is 35.2. The number of benzene rings is 2. The maximum absolute atomic E-state index is 15.3. The first kappa shape index (κ1) is 51.8. The Balaban J connectivity index is 0.000000383. The second-order valence-corrected chi connectivity index (χ2v) is 15.7. The minimum absolute atomic E-state index is 0.169. The number of carbonyl (C=O) groups is 6. The fraction of sp³-hybridized carbons (Fsp3) is 0.268. The molecule has 0 spiro atoms. The van der Waals surface area contributed by atoms with Gasteiger partial charge < -0.3 is 45.8 Å². The lowest BCUT2D eigenvalue weighted by Crippen LogP contribution is -2.49. The van der Waals surface area contributed by atoms with Crippen LogP contribution in [-0.4, -0.2) is 138 Å². The molecule has 3 heterocycles. The number of hydrogen-bond donors (Lipinski definition) is 8. The Morgan fingerprint density at radius 2 is 1.15 bits per heavy atom. The molecule has 1 saturated carbocycles. The number of piperazine rings is 1. The minimum Gasteiger partial charge on any atom is -0.478 e. The average molecular weight is 930 g/mol. The van der Waals surface area contributed by atoms with Crippen molar-refractivity contribution in [3.8, 4) is 11.1 Å². The highest BCUT2D eigenvalue weighted by Gasteiger charge is 2.30. The first-order chi connectivity index (χ1) is 30.6. The van der Waals surface area contributed by atoms with Gasteiger partial charge in [-0.15, -0.1) is 0 Å². The first-order valence-corrected chi connectivity index (χ1v) is 20.6. The van der Waals surface area contributed by atoms with Crippen molar-refractivity contribution >= 4 is 68.4 Å². The molecule has 2 fully saturated rings. The van der Waals surface area contributed by atoms with Gasteiger partial charge in [0.2, 0.25) is 0 Å². The number of carboxylic acids is 6. The van der Waals surface area contributed by atoms with Crippen molar-refractivity contribution in [2.24, 2.45) is 0 Å². The van der Waals surface area contributed by atoms with Crippen molar-refractivity contribution < 1.29 is 76.6 Å². The van der Waals surface area contributed by atoms with E-state index in [2.05, 4.69) is 36.1 Å². The standard InChI is InChI=1S/C29H33F2N7O2S.3C4H4O4/c1-36-12-14-37(15-13-36)21-5-7-22(8-6-21)38-17-24(27-28(32)33-18-34-29(27)38)19-2-11-26(25(31)16-19)35-41(39,40)23-9-3-20(30)4-10-23;3*5-3(6)1-2-4(7)8/h2-4,9-11,16-18,21-22,35H,5-8,12-15H2,1H3,(H2,32,33,34);3*1-2H,(H,5,6)(H,7,8)/b;3*2-1-. The number of fused-ring (bicyclic) bond motifs is 1. The number of hydrogen-bond acceptors (Lipinski definition) is 13. The summed E-state index contributed by atoms with van der Waals surface area (Å²) in [7, 11) is -1.94. The molecule has 2 aliphatic rings. The summed E-state index contributed by atoms with van der Waals surface area (Å²) in [5.41, 5.74) is 8.02. The van der Waals surface area contributed by atoms with Gasteiger partial charge in [0.05, 0.1) is 16.0 Å². The van der Waals surface area contributed by atoms with Crippen LogP contribution in [0.1, 0.15) is 31.7 Å². The Morgan fingerprint density at radius 1 is 0.692 bits per heavy atom. The quantitative estimate of drug-likeness (QED) is 0.0940. The van der Waals surface area contributed by atoms with Crippen LogP contribution in [0.4, 0.5) is 20.3 Å². The number of halogens is 2. The summed E-state index contributed by atoms with van der Waals surface area (Å²) in [6.45, 7) is 4.41. The number of nitrogens with zero attached hydrogens (tertiary/aromatic N) is 5. The Bertz CT molecular complexity index is 2420. The van der Waals surface area contributed by atoms with E-state index in [0.29, 0.717) is 70.5 Å². The molecule has 4 aromatic rings. The third kappa shape index (κ3) is 16.9. The van der Waals surface area contributed by atoms with Crippen molar-refractivity contribution in [3.05, 3.63) is 103 Å². The van der Waals surface area contributed by atoms with E-state index in [1.807, 2.05) is 6.20 Å². The molecular formula is C41H45F2N7O14S. The van der Waals surface area contributed by atoms with Crippen LogP contribution in [0, 0.1) is 11.6 Å². The Hall–Kier alpha value is -7.57. The molecule has 1 aliphatic heterocycles. The minimum atomic E-state index is -4.10. The van der Waals surface area contributed by atoms with E-state index in [0.717, 1.165) is 76.1 Å². The number of nitrogens with two attached hydrogens (primary N) is 1. The van der Waals surface area contributed by atoms with Gasteiger partial charge in [0.25, 0.3) is 10.0 Å². The van der Waals surface area contributed by atoms with Gasteiger partial charge >= 0.3 is 35.8 Å². The van der Waals surface area contributed by atoms with Gasteiger partial charge in [-0.3, -0.25) is 9.62 Å². The molecule has 348 valence electrons. The molecule has 65 heavy (non-hydrogen) atoms. The van der Waals surface area contributed by atoms with Crippen LogP contribution < -0.4 is 10.5 Å². The zero-order valence-electron chi connectivity index (χ0n) is 34.4. The molecular weight excluding hydrogens is 885 g/mol. The van der Waals surface area contributed by atoms with Crippen molar-refractivity contribution in [3.63, 3.8) is 0 Å². The first-order valence-electron chi connectivity index (χ1n) is 19.1. The number of carboxylic acid groups (broad SMARTS) is 6. The van der Waals surface area contributed by atoms with Crippen LogP contribution in [0.15, 0.2) is 96.3 Å². The van der Waals surface area contributed by atoms with Crippen LogP contribution >= 0.6 is 0 Å². The Kier molecular flexibility index (Phi) is 19.4. The lowest BCUT2D eigenvalue weighted by Gasteiger charge is -2.41. The average Bonchev–Trinajstić information content (AvgIpc) is 3.64. The normalized spacial score (nSPS) is 16.7. The fourth-order valence-corrected chi connectivity index (χ4v) is 7.57. The van der Waals surface area contributed by atoms with Crippen LogP contribution in [0.25, 0.3) is 22.2 Å². The molecule has 1 aliphatic carbocycles. The summed E-state index contributed by atoms with van der Waals surface area (Å²) in [5.74, 6) is -8.56. The molecule has 0 radical (unpaired) electrons. The number of nitrogens with one attached hydrogen (secondary N) is 1. The van der Waals surface area contributed by atoms with E-state index in [1.165, 1.54) is 18.5 Å². The third-order valence-corrected chi connectivity index (χ3v) is 10.9. The summed E-state index contributed by atoms with van der Waals surface area (Å²) in [5, 5.41) is 47.5. The van der Waals surface area contributed by atoms with Gasteiger partial charge in [-0.25, -0.2) is 55.9 Å². The smallest absolute Gasteiger partial charge is 0.328 e. The van der Waals surface area contributed by atoms with Gasteiger partial charge in [-0.05, 0) is 74.7 Å². The summed E-state index contributed by atoms with van der Waals surface area (Å²) < 4.78 is 58.4. The van der Waals surface area contributed by atoms with E-state index in [4.69, 9.17) is 36.4 Å². The highest BCUT2D eigenvalue weighted by molar-refractivity contribution is 7.92. The predicted octanol–water partition coefficient (Wildman–Crippen LogP) is 3.63. The van der Waals surface area contributed by atoms with E-state index in [1.54, 1.807) is 6.07 Å². The van der Waals surface area contributed by atoms with Crippen LogP contribution in [0.3, 0.4) is 0 Å². The predicted molar refractivity (Wildman–Crippen MR) is 228 cm³/mol. The number of likely N-dealkylation sites (N-methyl/N-ethyl adjacent to an activating group) is 1. The zero-order chi connectivity index (χ0) is 48.4. The number of rotatable bonds is 12. The molecule has 21 nitrogen and oxygen atoms in total. The van der Waals surface area contributed by atoms with Gasteiger partial charge in [-0.1, -0.05) is 6.07 Å². The van der Waals surface area contributed by atoms with Crippen LogP contribution in [0.2, 0.25) is 0 Å². The van der Waals surface area contributed by atoms with Gasteiger partial charge in [0.1, 0.15) is 29.4 Å². The van der Waals surface area contributed by atoms with Crippen molar-refractivity contribution in [1.29, 1.82) is 0 Å². The third-order valence-electron chi connectivity index (χ3n) is 9.51. The number of nitrogen functional groups attached to an aromatic ring is 1. The summed E-state index contributed by atoms with van der Waals surface area (Å²) >= 11 is 0. The number of aromatic nitrogens is 3. The van der Waals surface area contributed by atoms with Gasteiger partial charge in [0, 0.05) is 86.5 Å². The molecule has 0 bridgehead atoms. The van der Waals surface area contributed by atoms with E-state index >= 15 is 4.39 Å². The van der Waals surface area contributed by atoms with Gasteiger partial charge in [-0.2, -0.15) is 0 Å². The van der Waals surface area contributed by atoms with Gasteiger partial charge in [0.15, 0.2) is 0 Å². The summed E-state index contributed by atoms with van der Waals surface area (Å²) in [6.07, 6.45) is 11.0. The molecule has 6 rings (SSSR count). The molecule has 0 atom stereocenters. The fourth-order valence-electron chi connectivity index (χ4n) is 6.50. The summed E-state index contributed by atoms with van der Waals surface area (Å²) in [6, 6.07) is 9.43. The van der Waals surface area contributed by atoms with Crippen LogP contribution in [-0.2, 0) is 38.8 Å². The van der Waals surface area contributed by atoms with Crippen molar-refractivity contribution in [2.45, 2.75) is 42.7 Å². The van der Waals surface area contributed by atoms with E-state index in [9.17, 15) is 41.6 Å². The lowest BCUT2D eigenvalue weighted by atomic mass is 9.89. The SMILES string of the molecule is CN1CCN(C2CCC(n3cc(-c4ccc(NS(=O)(=O)c5ccc(F)cc5)c(F)c4)c4c(N)ncnc43)CC2)CC1.O=C(O)/C=C\C(=O)O.O=C(O)/C=C\C(=O)O.O=C(O)/C=C\C(=O)O. The summed E-state index contributed by atoms with van der Waals surface area (Å²) in [4.78, 5) is 70.9. The maximum Gasteiger partial charge on any atom is 0.328 e. The number of sulfonamides is 1. The largest absolute Gasteiger partial charge is 0.478 e. The maximum atomic E-state index is 15.3. The van der Waals surface area contributed by atoms with Crippen molar-refractivity contribution in [1.82, 2.24) is 24.3 Å². The van der Waals surface area contributed by atoms with E-state index in [-0.39, 0.29) is 16.6 Å². The number of anilines is 2. The highest BCUT2D eigenvalue weighted by atomic mass is 32.2. The molecule has 2 aromatic carbocycles. The topological polar surface area (TPSA) is 333 Å². The molecule has 1 saturated heterocycles. The lowest BCUT2D eigenvalue weighted by molar-refractivity contribution is -0.134. The van der Waals surface area contributed by atoms with Crippen molar-refractivity contribution in [2.75, 3.05) is 43.7 Å². The molecule has 24 heteroatoms. The van der Waals surface area contributed by atoms with Crippen LogP contribution in [0.5, 0.6) is 0 Å². The molecule has 2 aromatic heterocycles. The molecule has 9 N–H and O–H groups in total. The Morgan fingerprint density at radius 3 is 1.60 bits per heavy atom. The second kappa shape index (κ2) is 24.3.